The Bertz CT molecular complexity index is 813. The molecule has 1 aromatic heterocycles. The van der Waals surface area contributed by atoms with Gasteiger partial charge in [0.1, 0.15) is 0 Å². The van der Waals surface area contributed by atoms with Crippen LogP contribution in [0, 0.1) is 0 Å². The van der Waals surface area contributed by atoms with E-state index in [1.165, 1.54) is 4.90 Å². The maximum Gasteiger partial charge on any atom is 0.261 e. The first kappa shape index (κ1) is 14.8. The number of carbonyl (C=O) groups is 2. The predicted octanol–water partition coefficient (Wildman–Crippen LogP) is 4.17. The highest BCUT2D eigenvalue weighted by Gasteiger charge is 2.36. The summed E-state index contributed by atoms with van der Waals surface area (Å²) in [5.41, 5.74) is 2.44. The molecular weight excluding hydrogens is 380 g/mol. The Kier molecular flexibility index (Phi) is 3.50. The van der Waals surface area contributed by atoms with Crippen molar-refractivity contribution in [3.8, 4) is 0 Å². The van der Waals surface area contributed by atoms with Gasteiger partial charge < -0.3 is 0 Å². The fourth-order valence-corrected chi connectivity index (χ4v) is 3.34. The molecule has 2 aromatic rings. The zero-order chi connectivity index (χ0) is 16.1. The molecule has 1 saturated carbocycles. The highest BCUT2D eigenvalue weighted by molar-refractivity contribution is 9.10. The van der Waals surface area contributed by atoms with Crippen molar-refractivity contribution < 1.29 is 9.59 Å². The van der Waals surface area contributed by atoms with E-state index >= 15 is 0 Å². The summed E-state index contributed by atoms with van der Waals surface area (Å²) in [7, 11) is 0. The van der Waals surface area contributed by atoms with E-state index in [2.05, 4.69) is 20.9 Å². The van der Waals surface area contributed by atoms with Gasteiger partial charge in [-0.05, 0) is 47.0 Å². The normalized spacial score (nSPS) is 16.9. The molecule has 1 aliphatic heterocycles. The van der Waals surface area contributed by atoms with Crippen molar-refractivity contribution >= 4 is 39.3 Å². The summed E-state index contributed by atoms with van der Waals surface area (Å²) in [4.78, 5) is 30.8. The van der Waals surface area contributed by atoms with Crippen LogP contribution in [-0.4, -0.2) is 21.7 Å². The molecule has 0 unspecified atom stereocenters. The minimum absolute atomic E-state index is 0.118. The standard InChI is InChI=1S/C17H12BrClN2O2/c18-15-12(19)7-13(9-5-6-9)20-14(15)8-21-16(22)10-3-1-2-4-11(10)17(21)23/h1-4,7,9H,5-6,8H2. The van der Waals surface area contributed by atoms with E-state index in [-0.39, 0.29) is 18.4 Å². The molecule has 0 atom stereocenters. The summed E-state index contributed by atoms with van der Waals surface area (Å²) < 4.78 is 0.639. The largest absolute Gasteiger partial charge is 0.269 e. The summed E-state index contributed by atoms with van der Waals surface area (Å²) in [6, 6.07) is 8.71. The van der Waals surface area contributed by atoms with Gasteiger partial charge in [0.25, 0.3) is 11.8 Å². The molecule has 4 nitrogen and oxygen atoms in total. The van der Waals surface area contributed by atoms with Crippen molar-refractivity contribution in [2.24, 2.45) is 0 Å². The van der Waals surface area contributed by atoms with Gasteiger partial charge >= 0.3 is 0 Å². The molecule has 4 rings (SSSR count). The number of carbonyl (C=O) groups excluding carboxylic acids is 2. The van der Waals surface area contributed by atoms with Crippen LogP contribution in [0.3, 0.4) is 0 Å². The van der Waals surface area contributed by atoms with Crippen LogP contribution in [-0.2, 0) is 6.54 Å². The monoisotopic (exact) mass is 390 g/mol. The van der Waals surface area contributed by atoms with E-state index < -0.39 is 0 Å². The number of halogens is 2. The Morgan fingerprint density at radius 2 is 1.78 bits per heavy atom. The summed E-state index contributed by atoms with van der Waals surface area (Å²) >= 11 is 9.69. The molecule has 0 N–H and O–H groups in total. The number of hydrogen-bond acceptors (Lipinski definition) is 3. The fraction of sp³-hybridized carbons (Fsp3) is 0.235. The number of amides is 2. The van der Waals surface area contributed by atoms with Gasteiger partial charge in [-0.25, -0.2) is 0 Å². The van der Waals surface area contributed by atoms with Crippen LogP contribution in [0.5, 0.6) is 0 Å². The molecule has 23 heavy (non-hydrogen) atoms. The lowest BCUT2D eigenvalue weighted by molar-refractivity contribution is 0.0640. The minimum Gasteiger partial charge on any atom is -0.269 e. The van der Waals surface area contributed by atoms with Gasteiger partial charge in [0.15, 0.2) is 0 Å². The first-order chi connectivity index (χ1) is 11.1. The SMILES string of the molecule is O=C1c2ccccc2C(=O)N1Cc1nc(C2CC2)cc(Cl)c1Br. The Labute approximate surface area is 146 Å². The molecule has 2 amide bonds. The maximum absolute atomic E-state index is 12.5. The van der Waals surface area contributed by atoms with Crippen LogP contribution in [0.2, 0.25) is 5.02 Å². The van der Waals surface area contributed by atoms with Crippen molar-refractivity contribution in [1.29, 1.82) is 0 Å². The number of fused-ring (bicyclic) bond motifs is 1. The number of imide groups is 1. The number of hydrogen-bond donors (Lipinski definition) is 0. The van der Waals surface area contributed by atoms with Crippen LogP contribution >= 0.6 is 27.5 Å². The van der Waals surface area contributed by atoms with Gasteiger partial charge in [0, 0.05) is 11.6 Å². The lowest BCUT2D eigenvalue weighted by atomic mass is 10.1. The van der Waals surface area contributed by atoms with E-state index in [0.717, 1.165) is 18.5 Å². The third-order valence-corrected chi connectivity index (χ3v) is 5.59. The van der Waals surface area contributed by atoms with E-state index in [0.29, 0.717) is 32.2 Å². The maximum atomic E-state index is 12.5. The predicted molar refractivity (Wildman–Crippen MR) is 89.6 cm³/mol. The zero-order valence-corrected chi connectivity index (χ0v) is 14.4. The van der Waals surface area contributed by atoms with Crippen LogP contribution in [0.15, 0.2) is 34.8 Å². The Morgan fingerprint density at radius 1 is 1.17 bits per heavy atom. The third kappa shape index (κ3) is 2.48. The Hall–Kier alpha value is -1.72. The summed E-state index contributed by atoms with van der Waals surface area (Å²) in [5.74, 6) is -0.124. The van der Waals surface area contributed by atoms with E-state index in [1.54, 1.807) is 24.3 Å². The minimum atomic E-state index is -0.285. The molecule has 2 heterocycles. The first-order valence-corrected chi connectivity index (χ1v) is 8.53. The molecule has 0 bridgehead atoms. The van der Waals surface area contributed by atoms with Crippen LogP contribution in [0.1, 0.15) is 50.9 Å². The molecule has 0 spiro atoms. The fourth-order valence-electron chi connectivity index (χ4n) is 2.79. The number of nitrogens with zero attached hydrogens (tertiary/aromatic N) is 2. The van der Waals surface area contributed by atoms with Crippen molar-refractivity contribution in [2.75, 3.05) is 0 Å². The lowest BCUT2D eigenvalue weighted by Crippen LogP contribution is -2.29. The topological polar surface area (TPSA) is 50.3 Å². The quantitative estimate of drug-likeness (QED) is 0.738. The molecule has 116 valence electrons. The second-order valence-electron chi connectivity index (χ2n) is 5.81. The molecular formula is C17H12BrClN2O2. The second kappa shape index (κ2) is 5.42. The molecule has 0 radical (unpaired) electrons. The van der Waals surface area contributed by atoms with Crippen molar-refractivity contribution in [2.45, 2.75) is 25.3 Å². The van der Waals surface area contributed by atoms with E-state index in [9.17, 15) is 9.59 Å². The highest BCUT2D eigenvalue weighted by atomic mass is 79.9. The Morgan fingerprint density at radius 3 is 2.35 bits per heavy atom. The van der Waals surface area contributed by atoms with Gasteiger partial charge in [-0.2, -0.15) is 0 Å². The van der Waals surface area contributed by atoms with Crippen LogP contribution in [0.4, 0.5) is 0 Å². The molecule has 0 saturated heterocycles. The van der Waals surface area contributed by atoms with E-state index in [4.69, 9.17) is 11.6 Å². The van der Waals surface area contributed by atoms with E-state index in [1.807, 2.05) is 6.07 Å². The summed E-state index contributed by atoms with van der Waals surface area (Å²) in [5, 5.41) is 0.563. The third-order valence-electron chi connectivity index (χ3n) is 4.18. The smallest absolute Gasteiger partial charge is 0.261 e. The van der Waals surface area contributed by atoms with Gasteiger partial charge in [-0.3, -0.25) is 19.5 Å². The number of benzene rings is 1. The zero-order valence-electron chi connectivity index (χ0n) is 12.1. The number of rotatable bonds is 3. The molecule has 1 aromatic carbocycles. The lowest BCUT2D eigenvalue weighted by Gasteiger charge is -2.16. The number of aromatic nitrogens is 1. The van der Waals surface area contributed by atoms with Crippen molar-refractivity contribution in [3.05, 3.63) is 62.3 Å². The van der Waals surface area contributed by atoms with Crippen molar-refractivity contribution in [3.63, 3.8) is 0 Å². The molecule has 1 aliphatic carbocycles. The molecule has 2 aliphatic rings. The number of pyridine rings is 1. The van der Waals surface area contributed by atoms with Crippen LogP contribution in [0.25, 0.3) is 0 Å². The average Bonchev–Trinajstić information content (AvgIpc) is 3.36. The summed E-state index contributed by atoms with van der Waals surface area (Å²) in [6.45, 7) is 0.118. The Balaban J connectivity index is 1.69. The molecule has 6 heteroatoms. The second-order valence-corrected chi connectivity index (χ2v) is 7.01. The van der Waals surface area contributed by atoms with Gasteiger partial charge in [0.2, 0.25) is 0 Å². The molecule has 1 fully saturated rings. The highest BCUT2D eigenvalue weighted by Crippen LogP contribution is 2.41. The first-order valence-electron chi connectivity index (χ1n) is 7.36. The summed E-state index contributed by atoms with van der Waals surface area (Å²) in [6.07, 6.45) is 2.22. The average molecular weight is 392 g/mol. The van der Waals surface area contributed by atoms with Crippen LogP contribution < -0.4 is 0 Å². The van der Waals surface area contributed by atoms with Gasteiger partial charge in [-0.15, -0.1) is 0 Å². The van der Waals surface area contributed by atoms with Crippen molar-refractivity contribution in [1.82, 2.24) is 9.88 Å². The van der Waals surface area contributed by atoms with Gasteiger partial charge in [-0.1, -0.05) is 23.7 Å². The van der Waals surface area contributed by atoms with Gasteiger partial charge in [0.05, 0.1) is 32.9 Å².